The van der Waals surface area contributed by atoms with Crippen molar-refractivity contribution in [2.24, 2.45) is 5.92 Å². The Hall–Kier alpha value is -2.64. The molecule has 2 aromatic rings. The monoisotopic (exact) mass is 348 g/mol. The van der Waals surface area contributed by atoms with Crippen molar-refractivity contribution in [3.63, 3.8) is 0 Å². The van der Waals surface area contributed by atoms with Gasteiger partial charge in [-0.2, -0.15) is 5.26 Å². The number of carbonyl (C=O) groups excluding carboxylic acids is 1. The van der Waals surface area contributed by atoms with E-state index in [9.17, 15) is 4.79 Å². The molecule has 0 aromatic heterocycles. The smallest absolute Gasteiger partial charge is 0.320 e. The highest BCUT2D eigenvalue weighted by molar-refractivity contribution is 5.71. The molecule has 2 aromatic carbocycles. The third kappa shape index (κ3) is 4.71. The molecule has 3 rings (SSSR count). The minimum Gasteiger partial charge on any atom is -0.465 e. The van der Waals surface area contributed by atoms with Crippen LogP contribution in [0.5, 0.6) is 0 Å². The second-order valence-electron chi connectivity index (χ2n) is 6.74. The fraction of sp³-hybridized carbons (Fsp3) is 0.364. The SMILES string of the molecule is N#CCC(=O)OCC1CCCN(C(c2ccccc2)c2ccccc2)C1. The molecule has 4 nitrogen and oxygen atoms in total. The van der Waals surface area contributed by atoms with Crippen LogP contribution in [0.25, 0.3) is 0 Å². The van der Waals surface area contributed by atoms with Crippen molar-refractivity contribution in [1.29, 1.82) is 5.26 Å². The average Bonchev–Trinajstić information content (AvgIpc) is 2.69. The van der Waals surface area contributed by atoms with Crippen LogP contribution in [-0.4, -0.2) is 30.6 Å². The number of carbonyl (C=O) groups is 1. The summed E-state index contributed by atoms with van der Waals surface area (Å²) < 4.78 is 5.27. The molecule has 0 saturated carbocycles. The summed E-state index contributed by atoms with van der Waals surface area (Å²) in [5.74, 6) is -0.117. The van der Waals surface area contributed by atoms with Gasteiger partial charge in [0.25, 0.3) is 0 Å². The van der Waals surface area contributed by atoms with Crippen LogP contribution >= 0.6 is 0 Å². The second kappa shape index (κ2) is 9.17. The van der Waals surface area contributed by atoms with Gasteiger partial charge in [0.1, 0.15) is 6.42 Å². The first kappa shape index (κ1) is 18.2. The van der Waals surface area contributed by atoms with E-state index in [1.54, 1.807) is 0 Å². The fourth-order valence-corrected chi connectivity index (χ4v) is 3.68. The number of hydrogen-bond acceptors (Lipinski definition) is 4. The van der Waals surface area contributed by atoms with E-state index in [0.717, 1.165) is 25.9 Å². The van der Waals surface area contributed by atoms with Crippen LogP contribution in [0.1, 0.15) is 36.4 Å². The number of nitriles is 1. The maximum atomic E-state index is 11.5. The molecule has 4 heteroatoms. The highest BCUT2D eigenvalue weighted by Crippen LogP contribution is 2.32. The van der Waals surface area contributed by atoms with Gasteiger partial charge < -0.3 is 4.74 Å². The van der Waals surface area contributed by atoms with Crippen molar-refractivity contribution in [1.82, 2.24) is 4.90 Å². The largest absolute Gasteiger partial charge is 0.465 e. The number of rotatable bonds is 6. The summed E-state index contributed by atoms with van der Waals surface area (Å²) in [6.07, 6.45) is 1.95. The lowest BCUT2D eigenvalue weighted by Crippen LogP contribution is -2.40. The molecule has 0 radical (unpaired) electrons. The van der Waals surface area contributed by atoms with E-state index in [-0.39, 0.29) is 12.5 Å². The molecule has 0 aliphatic carbocycles. The molecule has 134 valence electrons. The molecule has 0 amide bonds. The van der Waals surface area contributed by atoms with Crippen molar-refractivity contribution in [2.45, 2.75) is 25.3 Å². The quantitative estimate of drug-likeness (QED) is 0.742. The van der Waals surface area contributed by atoms with Crippen LogP contribution in [0.2, 0.25) is 0 Å². The number of hydrogen-bond donors (Lipinski definition) is 0. The zero-order valence-corrected chi connectivity index (χ0v) is 14.9. The molecular formula is C22H24N2O2. The minimum atomic E-state index is -0.424. The maximum Gasteiger partial charge on any atom is 0.320 e. The van der Waals surface area contributed by atoms with Crippen LogP contribution in [0.4, 0.5) is 0 Å². The van der Waals surface area contributed by atoms with Gasteiger partial charge in [-0.25, -0.2) is 0 Å². The van der Waals surface area contributed by atoms with Gasteiger partial charge in [0.15, 0.2) is 0 Å². The first-order valence-corrected chi connectivity index (χ1v) is 9.14. The average molecular weight is 348 g/mol. The lowest BCUT2D eigenvalue weighted by molar-refractivity contribution is -0.144. The van der Waals surface area contributed by atoms with Gasteiger partial charge in [0.2, 0.25) is 0 Å². The molecule has 1 fully saturated rings. The molecule has 1 aliphatic heterocycles. The number of benzene rings is 2. The predicted molar refractivity (Wildman–Crippen MR) is 100 cm³/mol. The van der Waals surface area contributed by atoms with Crippen LogP contribution in [0.15, 0.2) is 60.7 Å². The normalized spacial score (nSPS) is 17.6. The standard InChI is InChI=1S/C22H24N2O2/c23-14-13-21(25)26-17-18-8-7-15-24(16-18)22(19-9-3-1-4-10-19)20-11-5-2-6-12-20/h1-6,9-12,18,22H,7-8,13,15-17H2. The summed E-state index contributed by atoms with van der Waals surface area (Å²) in [7, 11) is 0. The molecule has 1 saturated heterocycles. The third-order valence-corrected chi connectivity index (χ3v) is 4.85. The Balaban J connectivity index is 1.74. The Labute approximate surface area is 155 Å². The molecule has 0 bridgehead atoms. The number of likely N-dealkylation sites (tertiary alicyclic amines) is 1. The number of ether oxygens (including phenoxy) is 1. The number of piperidine rings is 1. The zero-order chi connectivity index (χ0) is 18.2. The molecule has 1 heterocycles. The van der Waals surface area contributed by atoms with E-state index in [0.29, 0.717) is 12.5 Å². The second-order valence-corrected chi connectivity index (χ2v) is 6.74. The number of esters is 1. The lowest BCUT2D eigenvalue weighted by Gasteiger charge is -2.38. The van der Waals surface area contributed by atoms with Gasteiger partial charge in [-0.3, -0.25) is 9.69 Å². The first-order valence-electron chi connectivity index (χ1n) is 9.14. The van der Waals surface area contributed by atoms with Crippen LogP contribution in [-0.2, 0) is 9.53 Å². The van der Waals surface area contributed by atoms with Gasteiger partial charge in [0.05, 0.1) is 18.7 Å². The highest BCUT2D eigenvalue weighted by atomic mass is 16.5. The highest BCUT2D eigenvalue weighted by Gasteiger charge is 2.28. The summed E-state index contributed by atoms with van der Waals surface area (Å²) in [5, 5.41) is 8.58. The summed E-state index contributed by atoms with van der Waals surface area (Å²) in [6, 6.07) is 23.1. The van der Waals surface area contributed by atoms with Crippen molar-refractivity contribution in [3.05, 3.63) is 71.8 Å². The van der Waals surface area contributed by atoms with Gasteiger partial charge in [0, 0.05) is 12.5 Å². The molecule has 0 N–H and O–H groups in total. The topological polar surface area (TPSA) is 53.3 Å². The zero-order valence-electron chi connectivity index (χ0n) is 14.9. The van der Waals surface area contributed by atoms with Crippen LogP contribution < -0.4 is 0 Å². The van der Waals surface area contributed by atoms with Gasteiger partial charge in [-0.05, 0) is 30.5 Å². The van der Waals surface area contributed by atoms with Crippen LogP contribution in [0.3, 0.4) is 0 Å². The Morgan fingerprint density at radius 2 is 1.73 bits per heavy atom. The van der Waals surface area contributed by atoms with Crippen molar-refractivity contribution < 1.29 is 9.53 Å². The van der Waals surface area contributed by atoms with Crippen LogP contribution in [0, 0.1) is 17.2 Å². The van der Waals surface area contributed by atoms with Gasteiger partial charge >= 0.3 is 5.97 Å². The van der Waals surface area contributed by atoms with Gasteiger partial charge in [-0.15, -0.1) is 0 Å². The van der Waals surface area contributed by atoms with Gasteiger partial charge in [-0.1, -0.05) is 60.7 Å². The Bertz CT molecular complexity index is 700. The number of nitrogens with zero attached hydrogens (tertiary/aromatic N) is 2. The lowest BCUT2D eigenvalue weighted by atomic mass is 9.92. The van der Waals surface area contributed by atoms with E-state index in [4.69, 9.17) is 10.00 Å². The van der Waals surface area contributed by atoms with E-state index in [1.807, 2.05) is 18.2 Å². The molecule has 1 aliphatic rings. The van der Waals surface area contributed by atoms with E-state index < -0.39 is 5.97 Å². The van der Waals surface area contributed by atoms with E-state index in [2.05, 4.69) is 53.4 Å². The molecular weight excluding hydrogens is 324 g/mol. The predicted octanol–water partition coefficient (Wildman–Crippen LogP) is 3.94. The summed E-state index contributed by atoms with van der Waals surface area (Å²) in [6.45, 7) is 2.30. The van der Waals surface area contributed by atoms with E-state index >= 15 is 0 Å². The third-order valence-electron chi connectivity index (χ3n) is 4.85. The molecule has 1 atom stereocenters. The fourth-order valence-electron chi connectivity index (χ4n) is 3.68. The van der Waals surface area contributed by atoms with Crippen molar-refractivity contribution in [2.75, 3.05) is 19.7 Å². The molecule has 26 heavy (non-hydrogen) atoms. The summed E-state index contributed by atoms with van der Waals surface area (Å²) in [4.78, 5) is 14.0. The van der Waals surface area contributed by atoms with Crippen molar-refractivity contribution in [3.8, 4) is 6.07 Å². The summed E-state index contributed by atoms with van der Waals surface area (Å²) in [5.41, 5.74) is 2.56. The maximum absolute atomic E-state index is 11.5. The van der Waals surface area contributed by atoms with Crippen molar-refractivity contribution >= 4 is 5.97 Å². The Kier molecular flexibility index (Phi) is 6.40. The Morgan fingerprint density at radius 3 is 2.31 bits per heavy atom. The minimum absolute atomic E-state index is 0.174. The summed E-state index contributed by atoms with van der Waals surface area (Å²) >= 11 is 0. The Morgan fingerprint density at radius 1 is 1.12 bits per heavy atom. The molecule has 0 spiro atoms. The first-order chi connectivity index (χ1) is 12.8. The van der Waals surface area contributed by atoms with E-state index in [1.165, 1.54) is 11.1 Å². The molecule has 1 unspecified atom stereocenters.